The van der Waals surface area contributed by atoms with E-state index in [2.05, 4.69) is 0 Å². The second-order valence-electron chi connectivity index (χ2n) is 2.40. The van der Waals surface area contributed by atoms with Gasteiger partial charge in [-0.1, -0.05) is 6.07 Å². The first-order chi connectivity index (χ1) is 6.27. The number of nitrogens with one attached hydrogen (secondary N) is 1. The van der Waals surface area contributed by atoms with Crippen LogP contribution in [-0.2, 0) is 0 Å². The van der Waals surface area contributed by atoms with Gasteiger partial charge >= 0.3 is 0 Å². The van der Waals surface area contributed by atoms with Crippen LogP contribution in [-0.4, -0.2) is 17.7 Å². The monoisotopic (exact) mass is 181 g/mol. The fourth-order valence-electron chi connectivity index (χ4n) is 0.958. The fraction of sp³-hybridized carbons (Fsp3) is 0.222. The third-order valence-electron chi connectivity index (χ3n) is 1.51. The Bertz CT molecular complexity index is 299. The molecule has 70 valence electrons. The van der Waals surface area contributed by atoms with Crippen molar-refractivity contribution < 1.29 is 14.7 Å². The molecule has 0 saturated heterocycles. The Morgan fingerprint density at radius 2 is 2.38 bits per heavy atom. The smallest absolute Gasteiger partial charge is 0.274 e. The van der Waals surface area contributed by atoms with Crippen molar-refractivity contribution >= 4 is 5.91 Å². The summed E-state index contributed by atoms with van der Waals surface area (Å²) in [5, 5.41) is 8.37. The van der Waals surface area contributed by atoms with Gasteiger partial charge in [0.25, 0.3) is 5.91 Å². The molecule has 0 aliphatic carbocycles. The van der Waals surface area contributed by atoms with Gasteiger partial charge in [-0.15, -0.1) is 0 Å². The van der Waals surface area contributed by atoms with Gasteiger partial charge in [-0.2, -0.15) is 0 Å². The zero-order chi connectivity index (χ0) is 9.68. The molecule has 1 amide bonds. The highest BCUT2D eigenvalue weighted by Gasteiger charge is 2.03. The van der Waals surface area contributed by atoms with Crippen molar-refractivity contribution in [2.45, 2.75) is 6.92 Å². The maximum absolute atomic E-state index is 11.0. The van der Waals surface area contributed by atoms with Gasteiger partial charge in [-0.25, -0.2) is 5.48 Å². The number of ether oxygens (including phenoxy) is 1. The maximum Gasteiger partial charge on any atom is 0.274 e. The normalized spacial score (nSPS) is 9.38. The Morgan fingerprint density at radius 1 is 1.62 bits per heavy atom. The van der Waals surface area contributed by atoms with Crippen LogP contribution in [0.4, 0.5) is 0 Å². The van der Waals surface area contributed by atoms with E-state index in [9.17, 15) is 4.79 Å². The van der Waals surface area contributed by atoms with Crippen molar-refractivity contribution in [1.82, 2.24) is 5.48 Å². The first-order valence-electron chi connectivity index (χ1n) is 3.95. The van der Waals surface area contributed by atoms with E-state index in [1.165, 1.54) is 0 Å². The molecule has 1 aromatic rings. The fourth-order valence-corrected chi connectivity index (χ4v) is 0.958. The summed E-state index contributed by atoms with van der Waals surface area (Å²) in [5.41, 5.74) is 1.93. The molecule has 0 bridgehead atoms. The zero-order valence-electron chi connectivity index (χ0n) is 7.28. The molecule has 2 N–H and O–H groups in total. The molecule has 0 saturated carbocycles. The summed E-state index contributed by atoms with van der Waals surface area (Å²) in [6.07, 6.45) is 0. The number of carbonyl (C=O) groups excluding carboxylic acids is 1. The summed E-state index contributed by atoms with van der Waals surface area (Å²) < 4.78 is 5.18. The van der Waals surface area contributed by atoms with Crippen molar-refractivity contribution in [3.63, 3.8) is 0 Å². The third-order valence-corrected chi connectivity index (χ3v) is 1.51. The Kier molecular flexibility index (Phi) is 3.28. The Labute approximate surface area is 76.1 Å². The molecule has 0 aromatic heterocycles. The van der Waals surface area contributed by atoms with Crippen molar-refractivity contribution in [3.05, 3.63) is 29.8 Å². The van der Waals surface area contributed by atoms with Crippen molar-refractivity contribution in [3.8, 4) is 5.75 Å². The molecular formula is C9H11NO3. The molecule has 0 spiro atoms. The molecule has 0 fully saturated rings. The van der Waals surface area contributed by atoms with E-state index in [1.54, 1.807) is 29.7 Å². The van der Waals surface area contributed by atoms with Crippen LogP contribution in [0, 0.1) is 0 Å². The number of hydrogen-bond donors (Lipinski definition) is 2. The summed E-state index contributed by atoms with van der Waals surface area (Å²) in [6, 6.07) is 6.59. The molecule has 0 aliphatic rings. The van der Waals surface area contributed by atoms with Gasteiger partial charge in [0.2, 0.25) is 0 Å². The number of carbonyl (C=O) groups is 1. The van der Waals surface area contributed by atoms with E-state index < -0.39 is 5.91 Å². The largest absolute Gasteiger partial charge is 0.494 e. The van der Waals surface area contributed by atoms with Crippen LogP contribution in [0.15, 0.2) is 24.3 Å². The molecule has 4 heteroatoms. The molecule has 0 unspecified atom stereocenters. The van der Waals surface area contributed by atoms with Gasteiger partial charge in [0.1, 0.15) is 5.75 Å². The molecule has 4 nitrogen and oxygen atoms in total. The van der Waals surface area contributed by atoms with E-state index in [0.717, 1.165) is 0 Å². The van der Waals surface area contributed by atoms with Gasteiger partial charge in [-0.3, -0.25) is 10.0 Å². The summed E-state index contributed by atoms with van der Waals surface area (Å²) in [4.78, 5) is 11.0. The van der Waals surface area contributed by atoms with Crippen LogP contribution < -0.4 is 10.2 Å². The van der Waals surface area contributed by atoms with Crippen LogP contribution in [0.5, 0.6) is 5.75 Å². The Morgan fingerprint density at radius 3 is 3.00 bits per heavy atom. The van der Waals surface area contributed by atoms with Gasteiger partial charge in [0, 0.05) is 5.56 Å². The highest BCUT2D eigenvalue weighted by molar-refractivity contribution is 5.93. The van der Waals surface area contributed by atoms with E-state index in [0.29, 0.717) is 17.9 Å². The average Bonchev–Trinajstić information content (AvgIpc) is 2.18. The zero-order valence-corrected chi connectivity index (χ0v) is 7.28. The number of amides is 1. The Balaban J connectivity index is 2.85. The number of rotatable bonds is 3. The summed E-state index contributed by atoms with van der Waals surface area (Å²) in [5.74, 6) is 0.0742. The van der Waals surface area contributed by atoms with E-state index in [-0.39, 0.29) is 0 Å². The quantitative estimate of drug-likeness (QED) is 0.544. The second kappa shape index (κ2) is 4.47. The molecule has 13 heavy (non-hydrogen) atoms. The molecule has 0 aliphatic heterocycles. The molecule has 0 heterocycles. The van der Waals surface area contributed by atoms with Crippen molar-refractivity contribution in [2.75, 3.05) is 6.61 Å². The van der Waals surface area contributed by atoms with Crippen LogP contribution in [0.3, 0.4) is 0 Å². The molecule has 0 radical (unpaired) electrons. The lowest BCUT2D eigenvalue weighted by Crippen LogP contribution is -2.18. The SMILES string of the molecule is CCOc1cccc(C(=O)NO)c1. The standard InChI is InChI=1S/C9H11NO3/c1-2-13-8-5-3-4-7(6-8)9(11)10-12/h3-6,12H,2H2,1H3,(H,10,11). The summed E-state index contributed by atoms with van der Waals surface area (Å²) in [6.45, 7) is 2.41. The minimum Gasteiger partial charge on any atom is -0.494 e. The maximum atomic E-state index is 11.0. The predicted molar refractivity (Wildman–Crippen MR) is 46.9 cm³/mol. The van der Waals surface area contributed by atoms with Crippen LogP contribution in [0.2, 0.25) is 0 Å². The van der Waals surface area contributed by atoms with E-state index >= 15 is 0 Å². The van der Waals surface area contributed by atoms with Crippen molar-refractivity contribution in [1.29, 1.82) is 0 Å². The lowest BCUT2D eigenvalue weighted by Gasteiger charge is -2.04. The number of hydrogen-bond acceptors (Lipinski definition) is 3. The van der Waals surface area contributed by atoms with Gasteiger partial charge in [0.15, 0.2) is 0 Å². The third kappa shape index (κ3) is 2.45. The first kappa shape index (κ1) is 9.54. The van der Waals surface area contributed by atoms with Crippen molar-refractivity contribution in [2.24, 2.45) is 0 Å². The highest BCUT2D eigenvalue weighted by Crippen LogP contribution is 2.12. The van der Waals surface area contributed by atoms with E-state index in [4.69, 9.17) is 9.94 Å². The minimum absolute atomic E-state index is 0.369. The topological polar surface area (TPSA) is 58.6 Å². The first-order valence-corrected chi connectivity index (χ1v) is 3.95. The molecule has 1 aromatic carbocycles. The van der Waals surface area contributed by atoms with Gasteiger partial charge in [-0.05, 0) is 25.1 Å². The molecule has 1 rings (SSSR count). The minimum atomic E-state index is -0.540. The van der Waals surface area contributed by atoms with Gasteiger partial charge < -0.3 is 4.74 Å². The lowest BCUT2D eigenvalue weighted by atomic mass is 10.2. The second-order valence-corrected chi connectivity index (χ2v) is 2.40. The van der Waals surface area contributed by atoms with Crippen LogP contribution in [0.25, 0.3) is 0 Å². The summed E-state index contributed by atoms with van der Waals surface area (Å²) >= 11 is 0. The van der Waals surface area contributed by atoms with E-state index in [1.807, 2.05) is 6.92 Å². The molecule has 0 atom stereocenters. The van der Waals surface area contributed by atoms with Crippen LogP contribution >= 0.6 is 0 Å². The average molecular weight is 181 g/mol. The predicted octanol–water partition coefficient (Wildman–Crippen LogP) is 1.20. The van der Waals surface area contributed by atoms with Gasteiger partial charge in [0.05, 0.1) is 6.61 Å². The highest BCUT2D eigenvalue weighted by atomic mass is 16.5. The number of hydroxylamine groups is 1. The Hall–Kier alpha value is -1.55. The number of benzene rings is 1. The summed E-state index contributed by atoms with van der Waals surface area (Å²) in [7, 11) is 0. The lowest BCUT2D eigenvalue weighted by molar-refractivity contribution is 0.0706. The van der Waals surface area contributed by atoms with Crippen LogP contribution in [0.1, 0.15) is 17.3 Å². The molecular weight excluding hydrogens is 170 g/mol.